The average Bonchev–Trinajstić information content (AvgIpc) is 2.90. The van der Waals surface area contributed by atoms with E-state index in [0.29, 0.717) is 27.8 Å². The van der Waals surface area contributed by atoms with E-state index in [-0.39, 0.29) is 30.4 Å². The van der Waals surface area contributed by atoms with Crippen LogP contribution >= 0.6 is 11.6 Å². The van der Waals surface area contributed by atoms with Gasteiger partial charge in [-0.25, -0.2) is 13.8 Å². The van der Waals surface area contributed by atoms with E-state index in [0.717, 1.165) is 11.1 Å². The van der Waals surface area contributed by atoms with Crippen LogP contribution < -0.4 is 10.6 Å². The summed E-state index contributed by atoms with van der Waals surface area (Å²) < 4.78 is 27.6. The Balaban J connectivity index is 1.42. The number of benzene rings is 3. The number of aromatic nitrogens is 2. The molecule has 1 aromatic heterocycles. The van der Waals surface area contributed by atoms with Gasteiger partial charge < -0.3 is 10.6 Å². The molecule has 4 rings (SSSR count). The van der Waals surface area contributed by atoms with Gasteiger partial charge in [-0.2, -0.15) is 0 Å². The molecule has 1 heterocycles. The predicted molar refractivity (Wildman–Crippen MR) is 144 cm³/mol. The Labute approximate surface area is 219 Å². The van der Waals surface area contributed by atoms with Gasteiger partial charge in [0.05, 0.1) is 12.5 Å². The minimum Gasteiger partial charge on any atom is -0.362 e. The molecule has 1 unspecified atom stereocenters. The first-order valence-corrected chi connectivity index (χ1v) is 12.3. The van der Waals surface area contributed by atoms with E-state index in [1.54, 1.807) is 36.7 Å². The number of rotatable bonds is 9. The highest BCUT2D eigenvalue weighted by Crippen LogP contribution is 2.32. The normalized spacial score (nSPS) is 12.1. The number of hydrogen-bond acceptors (Lipinski definition) is 4. The fraction of sp³-hybridized carbons (Fsp3) is 0.207. The molecule has 1 amide bonds. The third-order valence-corrected chi connectivity index (χ3v) is 6.39. The SMILES string of the molecule is CCC(F)(F)c1ccc(CC(=O)Nc2ccc(-c3nccnc3NC(C)c3ccccc3Cl)cc2)cc1. The molecule has 0 aliphatic rings. The van der Waals surface area contributed by atoms with Crippen molar-refractivity contribution in [3.63, 3.8) is 0 Å². The van der Waals surface area contributed by atoms with E-state index in [1.165, 1.54) is 19.1 Å². The van der Waals surface area contributed by atoms with Gasteiger partial charge in [0.25, 0.3) is 5.92 Å². The molecule has 0 aliphatic carbocycles. The van der Waals surface area contributed by atoms with E-state index in [9.17, 15) is 13.6 Å². The Bertz CT molecular complexity index is 1360. The molecule has 0 saturated carbocycles. The highest BCUT2D eigenvalue weighted by Gasteiger charge is 2.28. The van der Waals surface area contributed by atoms with Crippen molar-refractivity contribution in [2.45, 2.75) is 38.7 Å². The zero-order chi connectivity index (χ0) is 26.4. The van der Waals surface area contributed by atoms with Crippen molar-refractivity contribution in [3.8, 4) is 11.3 Å². The zero-order valence-electron chi connectivity index (χ0n) is 20.5. The predicted octanol–water partition coefficient (Wildman–Crippen LogP) is 7.65. The van der Waals surface area contributed by atoms with Gasteiger partial charge in [0.2, 0.25) is 5.91 Å². The van der Waals surface area contributed by atoms with Gasteiger partial charge in [-0.05, 0) is 36.2 Å². The van der Waals surface area contributed by atoms with Crippen LogP contribution in [0.25, 0.3) is 11.3 Å². The molecular formula is C29H27ClF2N4O. The maximum Gasteiger partial charge on any atom is 0.273 e. The molecular weight excluding hydrogens is 494 g/mol. The largest absolute Gasteiger partial charge is 0.362 e. The van der Waals surface area contributed by atoms with Gasteiger partial charge in [-0.1, -0.05) is 73.1 Å². The molecule has 3 aromatic carbocycles. The summed E-state index contributed by atoms with van der Waals surface area (Å²) in [7, 11) is 0. The molecule has 0 saturated heterocycles. The van der Waals surface area contributed by atoms with Crippen molar-refractivity contribution in [2.24, 2.45) is 0 Å². The lowest BCUT2D eigenvalue weighted by Crippen LogP contribution is -2.15. The summed E-state index contributed by atoms with van der Waals surface area (Å²) in [5.41, 5.74) is 3.68. The smallest absolute Gasteiger partial charge is 0.273 e. The molecule has 37 heavy (non-hydrogen) atoms. The molecule has 0 spiro atoms. The van der Waals surface area contributed by atoms with Gasteiger partial charge in [0.15, 0.2) is 5.82 Å². The molecule has 1 atom stereocenters. The standard InChI is InChI=1S/C29H27ClF2N4O/c1-3-29(31,32)22-12-8-20(9-13-22)18-26(37)36-23-14-10-21(11-15-23)27-28(34-17-16-33-27)35-19(2)24-6-4-5-7-25(24)30/h4-17,19H,3,18H2,1-2H3,(H,34,35)(H,36,37). The molecule has 4 aromatic rings. The van der Waals surface area contributed by atoms with Crippen LogP contribution in [0.5, 0.6) is 0 Å². The summed E-state index contributed by atoms with van der Waals surface area (Å²) in [5.74, 6) is -2.49. The number of alkyl halides is 2. The summed E-state index contributed by atoms with van der Waals surface area (Å²) in [5, 5.41) is 6.90. The third kappa shape index (κ3) is 6.49. The van der Waals surface area contributed by atoms with Crippen LogP contribution in [0.2, 0.25) is 5.02 Å². The van der Waals surface area contributed by atoms with Crippen LogP contribution in [0, 0.1) is 0 Å². The Hall–Kier alpha value is -3.84. The van der Waals surface area contributed by atoms with Crippen LogP contribution in [-0.2, 0) is 17.1 Å². The summed E-state index contributed by atoms with van der Waals surface area (Å²) >= 11 is 6.34. The quantitative estimate of drug-likeness (QED) is 0.238. The van der Waals surface area contributed by atoms with Crippen molar-refractivity contribution in [1.29, 1.82) is 0 Å². The average molecular weight is 521 g/mol. The van der Waals surface area contributed by atoms with Gasteiger partial charge >= 0.3 is 0 Å². The molecule has 0 bridgehead atoms. The monoisotopic (exact) mass is 520 g/mol. The van der Waals surface area contributed by atoms with Gasteiger partial charge in [-0.15, -0.1) is 0 Å². The van der Waals surface area contributed by atoms with Crippen molar-refractivity contribution >= 4 is 29.0 Å². The number of halogens is 3. The molecule has 190 valence electrons. The lowest BCUT2D eigenvalue weighted by molar-refractivity contribution is -0.115. The highest BCUT2D eigenvalue weighted by molar-refractivity contribution is 6.31. The first-order chi connectivity index (χ1) is 17.8. The molecule has 0 aliphatic heterocycles. The zero-order valence-corrected chi connectivity index (χ0v) is 21.3. The fourth-order valence-corrected chi connectivity index (χ4v) is 4.24. The number of nitrogens with one attached hydrogen (secondary N) is 2. The first-order valence-electron chi connectivity index (χ1n) is 12.0. The Morgan fingerprint density at radius 1 is 0.973 bits per heavy atom. The van der Waals surface area contributed by atoms with Crippen LogP contribution in [0.4, 0.5) is 20.3 Å². The third-order valence-electron chi connectivity index (χ3n) is 6.05. The fourth-order valence-electron chi connectivity index (χ4n) is 3.94. The first kappa shape index (κ1) is 26.2. The number of anilines is 2. The van der Waals surface area contributed by atoms with E-state index in [4.69, 9.17) is 11.6 Å². The molecule has 8 heteroatoms. The van der Waals surface area contributed by atoms with E-state index in [2.05, 4.69) is 20.6 Å². The maximum absolute atomic E-state index is 13.8. The van der Waals surface area contributed by atoms with Gasteiger partial charge in [0.1, 0.15) is 5.69 Å². The second-order valence-corrected chi connectivity index (χ2v) is 9.11. The second-order valence-electron chi connectivity index (χ2n) is 8.70. The molecule has 2 N–H and O–H groups in total. The summed E-state index contributed by atoms with van der Waals surface area (Å²) in [6, 6.07) is 20.7. The lowest BCUT2D eigenvalue weighted by atomic mass is 10.0. The lowest BCUT2D eigenvalue weighted by Gasteiger charge is -2.18. The summed E-state index contributed by atoms with van der Waals surface area (Å²) in [6.07, 6.45) is 3.06. The molecule has 5 nitrogen and oxygen atoms in total. The van der Waals surface area contributed by atoms with E-state index < -0.39 is 5.92 Å². The molecule has 0 fully saturated rings. The van der Waals surface area contributed by atoms with Crippen molar-refractivity contribution in [3.05, 3.63) is 107 Å². The Morgan fingerprint density at radius 2 is 1.65 bits per heavy atom. The second kappa shape index (κ2) is 11.5. The van der Waals surface area contributed by atoms with Crippen molar-refractivity contribution in [2.75, 3.05) is 10.6 Å². The van der Waals surface area contributed by atoms with Crippen LogP contribution in [0.15, 0.2) is 85.2 Å². The molecule has 0 radical (unpaired) electrons. The van der Waals surface area contributed by atoms with E-state index in [1.807, 2.05) is 43.3 Å². The van der Waals surface area contributed by atoms with Crippen LogP contribution in [0.3, 0.4) is 0 Å². The minimum atomic E-state index is -2.87. The number of hydrogen-bond donors (Lipinski definition) is 2. The number of amides is 1. The minimum absolute atomic E-state index is 0.0473. The van der Waals surface area contributed by atoms with Crippen molar-refractivity contribution < 1.29 is 13.6 Å². The number of carbonyl (C=O) groups excluding carboxylic acids is 1. The van der Waals surface area contributed by atoms with E-state index >= 15 is 0 Å². The maximum atomic E-state index is 13.8. The van der Waals surface area contributed by atoms with Crippen LogP contribution in [0.1, 0.15) is 43.0 Å². The Morgan fingerprint density at radius 3 is 2.32 bits per heavy atom. The Kier molecular flexibility index (Phi) is 8.14. The van der Waals surface area contributed by atoms with Crippen LogP contribution in [-0.4, -0.2) is 15.9 Å². The summed E-state index contributed by atoms with van der Waals surface area (Å²) in [4.78, 5) is 21.5. The number of nitrogens with zero attached hydrogens (tertiary/aromatic N) is 2. The topological polar surface area (TPSA) is 66.9 Å². The van der Waals surface area contributed by atoms with Crippen molar-refractivity contribution in [1.82, 2.24) is 9.97 Å². The number of carbonyl (C=O) groups is 1. The highest BCUT2D eigenvalue weighted by atomic mass is 35.5. The van der Waals surface area contributed by atoms with Gasteiger partial charge in [-0.3, -0.25) is 9.78 Å². The summed E-state index contributed by atoms with van der Waals surface area (Å²) in [6.45, 7) is 3.44. The van der Waals surface area contributed by atoms with Gasteiger partial charge in [0, 0.05) is 40.7 Å².